The summed E-state index contributed by atoms with van der Waals surface area (Å²) in [7, 11) is 1.66. The van der Waals surface area contributed by atoms with E-state index in [1.807, 2.05) is 31.2 Å². The van der Waals surface area contributed by atoms with Crippen molar-refractivity contribution in [2.75, 3.05) is 13.7 Å². The van der Waals surface area contributed by atoms with E-state index in [0.717, 1.165) is 11.1 Å². The molecular formula is C14H22N2O2. The van der Waals surface area contributed by atoms with Gasteiger partial charge in [0.2, 0.25) is 5.91 Å². The van der Waals surface area contributed by atoms with Gasteiger partial charge in [-0.15, -0.1) is 0 Å². The number of nitrogens with one attached hydrogen (secondary N) is 1. The largest absolute Gasteiger partial charge is 0.380 e. The summed E-state index contributed by atoms with van der Waals surface area (Å²) in [5, 5.41) is 2.91. The third-order valence-electron chi connectivity index (χ3n) is 2.83. The van der Waals surface area contributed by atoms with E-state index in [2.05, 4.69) is 5.32 Å². The summed E-state index contributed by atoms with van der Waals surface area (Å²) in [6.45, 7) is 3.60. The number of amides is 1. The van der Waals surface area contributed by atoms with Crippen LogP contribution in [0.4, 0.5) is 0 Å². The minimum Gasteiger partial charge on any atom is -0.380 e. The van der Waals surface area contributed by atoms with Crippen molar-refractivity contribution in [3.8, 4) is 0 Å². The molecule has 100 valence electrons. The smallest absolute Gasteiger partial charge is 0.220 e. The van der Waals surface area contributed by atoms with Crippen molar-refractivity contribution >= 4 is 5.91 Å². The summed E-state index contributed by atoms with van der Waals surface area (Å²) in [4.78, 5) is 11.7. The maximum Gasteiger partial charge on any atom is 0.220 e. The van der Waals surface area contributed by atoms with Crippen molar-refractivity contribution in [1.29, 1.82) is 0 Å². The van der Waals surface area contributed by atoms with Gasteiger partial charge in [-0.05, 0) is 23.6 Å². The highest BCUT2D eigenvalue weighted by Crippen LogP contribution is 2.10. The lowest BCUT2D eigenvalue weighted by Crippen LogP contribution is -2.27. The van der Waals surface area contributed by atoms with Gasteiger partial charge in [-0.3, -0.25) is 4.79 Å². The number of ether oxygens (including phenoxy) is 1. The molecule has 1 amide bonds. The highest BCUT2D eigenvalue weighted by atomic mass is 16.5. The van der Waals surface area contributed by atoms with Crippen LogP contribution in [0.15, 0.2) is 24.3 Å². The normalized spacial score (nSPS) is 12.2. The lowest BCUT2D eigenvalue weighted by Gasteiger charge is -2.11. The van der Waals surface area contributed by atoms with E-state index in [-0.39, 0.29) is 11.8 Å². The standard InChI is InChI=1S/C14H22N2O2/c1-11(8-15)7-14(17)16-9-12-5-3-4-6-13(12)10-18-2/h3-6,11H,7-10,15H2,1-2H3,(H,16,17). The Hall–Kier alpha value is -1.39. The van der Waals surface area contributed by atoms with Crippen molar-refractivity contribution in [3.05, 3.63) is 35.4 Å². The zero-order valence-electron chi connectivity index (χ0n) is 11.1. The second kappa shape index (κ2) is 7.84. The zero-order valence-corrected chi connectivity index (χ0v) is 11.1. The summed E-state index contributed by atoms with van der Waals surface area (Å²) in [6.07, 6.45) is 0.475. The second-order valence-electron chi connectivity index (χ2n) is 4.52. The molecule has 3 N–H and O–H groups in total. The van der Waals surface area contributed by atoms with E-state index in [1.165, 1.54) is 0 Å². The Morgan fingerprint density at radius 1 is 1.39 bits per heavy atom. The van der Waals surface area contributed by atoms with E-state index >= 15 is 0 Å². The van der Waals surface area contributed by atoms with E-state index in [0.29, 0.717) is 26.1 Å². The van der Waals surface area contributed by atoms with E-state index in [9.17, 15) is 4.79 Å². The van der Waals surface area contributed by atoms with Gasteiger partial charge in [0.25, 0.3) is 0 Å². The summed E-state index contributed by atoms with van der Waals surface area (Å²) in [5.41, 5.74) is 7.69. The van der Waals surface area contributed by atoms with Crippen LogP contribution in [0.3, 0.4) is 0 Å². The second-order valence-corrected chi connectivity index (χ2v) is 4.52. The van der Waals surface area contributed by atoms with Crippen LogP contribution in [-0.4, -0.2) is 19.6 Å². The van der Waals surface area contributed by atoms with Crippen molar-refractivity contribution < 1.29 is 9.53 Å². The molecule has 1 aromatic carbocycles. The van der Waals surface area contributed by atoms with Gasteiger partial charge in [-0.1, -0.05) is 31.2 Å². The van der Waals surface area contributed by atoms with Crippen LogP contribution in [0.2, 0.25) is 0 Å². The number of carbonyl (C=O) groups excluding carboxylic acids is 1. The Labute approximate surface area is 109 Å². The van der Waals surface area contributed by atoms with Gasteiger partial charge < -0.3 is 15.8 Å². The van der Waals surface area contributed by atoms with Crippen LogP contribution in [0.5, 0.6) is 0 Å². The Balaban J connectivity index is 2.50. The van der Waals surface area contributed by atoms with Crippen molar-refractivity contribution in [2.24, 2.45) is 11.7 Å². The van der Waals surface area contributed by atoms with Crippen LogP contribution in [0.1, 0.15) is 24.5 Å². The highest BCUT2D eigenvalue weighted by Gasteiger charge is 2.08. The lowest BCUT2D eigenvalue weighted by atomic mass is 10.1. The first-order valence-electron chi connectivity index (χ1n) is 6.19. The number of rotatable bonds is 7. The van der Waals surface area contributed by atoms with E-state index in [4.69, 9.17) is 10.5 Å². The van der Waals surface area contributed by atoms with Crippen LogP contribution >= 0.6 is 0 Å². The average molecular weight is 250 g/mol. The first-order chi connectivity index (χ1) is 8.67. The van der Waals surface area contributed by atoms with E-state index < -0.39 is 0 Å². The molecule has 4 heteroatoms. The van der Waals surface area contributed by atoms with Crippen LogP contribution < -0.4 is 11.1 Å². The molecule has 1 rings (SSSR count). The Kier molecular flexibility index (Phi) is 6.39. The van der Waals surface area contributed by atoms with Gasteiger partial charge in [-0.2, -0.15) is 0 Å². The van der Waals surface area contributed by atoms with Gasteiger partial charge in [-0.25, -0.2) is 0 Å². The maximum absolute atomic E-state index is 11.7. The first-order valence-corrected chi connectivity index (χ1v) is 6.19. The summed E-state index contributed by atoms with van der Waals surface area (Å²) in [5.74, 6) is 0.263. The molecule has 0 aliphatic heterocycles. The maximum atomic E-state index is 11.7. The fourth-order valence-electron chi connectivity index (χ4n) is 1.69. The van der Waals surface area contributed by atoms with Gasteiger partial charge >= 0.3 is 0 Å². The fraction of sp³-hybridized carbons (Fsp3) is 0.500. The molecule has 0 bridgehead atoms. The van der Waals surface area contributed by atoms with Gasteiger partial charge in [0.15, 0.2) is 0 Å². The molecule has 1 aromatic rings. The minimum absolute atomic E-state index is 0.0418. The van der Waals surface area contributed by atoms with Crippen molar-refractivity contribution in [1.82, 2.24) is 5.32 Å². The first kappa shape index (κ1) is 14.7. The van der Waals surface area contributed by atoms with Crippen molar-refractivity contribution in [2.45, 2.75) is 26.5 Å². The lowest BCUT2D eigenvalue weighted by molar-refractivity contribution is -0.122. The minimum atomic E-state index is 0.0418. The molecule has 1 atom stereocenters. The molecule has 4 nitrogen and oxygen atoms in total. The molecule has 0 aromatic heterocycles. The zero-order chi connectivity index (χ0) is 13.4. The summed E-state index contributed by atoms with van der Waals surface area (Å²) in [6, 6.07) is 7.94. The van der Waals surface area contributed by atoms with Crippen LogP contribution in [-0.2, 0) is 22.7 Å². The molecule has 0 aliphatic carbocycles. The number of benzene rings is 1. The fourth-order valence-corrected chi connectivity index (χ4v) is 1.69. The predicted octanol–water partition coefficient (Wildman–Crippen LogP) is 1.43. The molecule has 0 heterocycles. The van der Waals surface area contributed by atoms with Gasteiger partial charge in [0.05, 0.1) is 6.61 Å². The Bertz CT molecular complexity index is 380. The molecule has 0 aliphatic rings. The Morgan fingerprint density at radius 3 is 2.67 bits per heavy atom. The third-order valence-corrected chi connectivity index (χ3v) is 2.83. The number of nitrogens with two attached hydrogens (primary N) is 1. The van der Waals surface area contributed by atoms with E-state index in [1.54, 1.807) is 7.11 Å². The molecule has 0 radical (unpaired) electrons. The summed E-state index contributed by atoms with van der Waals surface area (Å²) < 4.78 is 5.13. The molecule has 1 unspecified atom stereocenters. The monoisotopic (exact) mass is 250 g/mol. The van der Waals surface area contributed by atoms with Crippen molar-refractivity contribution in [3.63, 3.8) is 0 Å². The van der Waals surface area contributed by atoms with Crippen LogP contribution in [0, 0.1) is 5.92 Å². The third kappa shape index (κ3) is 4.85. The molecular weight excluding hydrogens is 228 g/mol. The quantitative estimate of drug-likeness (QED) is 0.769. The summed E-state index contributed by atoms with van der Waals surface area (Å²) >= 11 is 0. The van der Waals surface area contributed by atoms with Gasteiger partial charge in [0.1, 0.15) is 0 Å². The molecule has 0 spiro atoms. The van der Waals surface area contributed by atoms with Gasteiger partial charge in [0, 0.05) is 20.1 Å². The Morgan fingerprint density at radius 2 is 2.06 bits per heavy atom. The SMILES string of the molecule is COCc1ccccc1CNC(=O)CC(C)CN. The number of methoxy groups -OCH3 is 1. The highest BCUT2D eigenvalue weighted by molar-refractivity contribution is 5.76. The topological polar surface area (TPSA) is 64.3 Å². The number of carbonyl (C=O) groups is 1. The van der Waals surface area contributed by atoms with Crippen LogP contribution in [0.25, 0.3) is 0 Å². The predicted molar refractivity (Wildman–Crippen MR) is 71.8 cm³/mol. The molecule has 0 fully saturated rings. The number of hydrogen-bond acceptors (Lipinski definition) is 3. The molecule has 18 heavy (non-hydrogen) atoms. The average Bonchev–Trinajstić information content (AvgIpc) is 2.38. The number of hydrogen-bond donors (Lipinski definition) is 2. The molecule has 0 saturated heterocycles. The molecule has 0 saturated carbocycles.